The summed E-state index contributed by atoms with van der Waals surface area (Å²) in [6, 6.07) is 0. The number of carbonyl (C=O) groups excluding carboxylic acids is 1. The van der Waals surface area contributed by atoms with Gasteiger partial charge < -0.3 is 10.4 Å². The molecule has 2 N–H and O–H groups in total. The van der Waals surface area contributed by atoms with Gasteiger partial charge in [0.1, 0.15) is 5.56 Å². The van der Waals surface area contributed by atoms with Crippen molar-refractivity contribution in [2.45, 2.75) is 20.0 Å². The highest BCUT2D eigenvalue weighted by Gasteiger charge is 2.16. The quantitative estimate of drug-likeness (QED) is 0.855. The Kier molecular flexibility index (Phi) is 3.96. The molecule has 2 heterocycles. The molecule has 0 aliphatic heterocycles. The molecule has 1 unspecified atom stereocenters. The number of nitrogens with one attached hydrogen (secondary N) is 1. The molecule has 1 atom stereocenters. The van der Waals surface area contributed by atoms with Gasteiger partial charge >= 0.3 is 0 Å². The third-order valence-electron chi connectivity index (χ3n) is 2.83. The summed E-state index contributed by atoms with van der Waals surface area (Å²) in [6.45, 7) is 3.82. The fraction of sp³-hybridized carbons (Fsp3) is 0.417. The number of fused-ring (bicyclic) bond motifs is 1. The number of aliphatic hydroxyl groups excluding tert-OH is 1. The number of aliphatic hydroxyl groups is 1. The Hall–Kier alpha value is -1.73. The number of aromatic nitrogens is 2. The first kappa shape index (κ1) is 13.7. The normalized spacial score (nSPS) is 12.8. The third-order valence-corrected chi connectivity index (χ3v) is 3.60. The Morgan fingerprint density at radius 3 is 3.00 bits per heavy atom. The van der Waals surface area contributed by atoms with Gasteiger partial charge in [0.05, 0.1) is 6.10 Å². The van der Waals surface area contributed by atoms with E-state index in [1.54, 1.807) is 11.6 Å². The van der Waals surface area contributed by atoms with Crippen LogP contribution >= 0.6 is 11.3 Å². The number of nitrogens with zero attached hydrogens (tertiary/aromatic N) is 2. The lowest BCUT2D eigenvalue weighted by Crippen LogP contribution is -2.37. The van der Waals surface area contributed by atoms with E-state index in [2.05, 4.69) is 10.3 Å². The summed E-state index contributed by atoms with van der Waals surface area (Å²) in [5, 5.41) is 13.9. The van der Waals surface area contributed by atoms with Crippen molar-refractivity contribution in [3.05, 3.63) is 33.7 Å². The minimum atomic E-state index is -0.635. The van der Waals surface area contributed by atoms with Crippen molar-refractivity contribution in [2.75, 3.05) is 6.54 Å². The lowest BCUT2D eigenvalue weighted by atomic mass is 10.1. The minimum absolute atomic E-state index is 0.0214. The maximum absolute atomic E-state index is 12.0. The second-order valence-electron chi connectivity index (χ2n) is 4.55. The first-order chi connectivity index (χ1) is 9.00. The van der Waals surface area contributed by atoms with Crippen LogP contribution in [0.25, 0.3) is 4.96 Å². The van der Waals surface area contributed by atoms with E-state index in [-0.39, 0.29) is 18.0 Å². The molecule has 2 aromatic heterocycles. The molecule has 102 valence electrons. The van der Waals surface area contributed by atoms with E-state index in [0.29, 0.717) is 4.96 Å². The number of amides is 1. The first-order valence-electron chi connectivity index (χ1n) is 5.92. The van der Waals surface area contributed by atoms with Crippen molar-refractivity contribution in [1.82, 2.24) is 14.7 Å². The molecular formula is C12H15N3O3S. The summed E-state index contributed by atoms with van der Waals surface area (Å²) in [7, 11) is 0. The minimum Gasteiger partial charge on any atom is -0.391 e. The number of hydrogen-bond acceptors (Lipinski definition) is 5. The van der Waals surface area contributed by atoms with Crippen molar-refractivity contribution >= 4 is 22.2 Å². The second-order valence-corrected chi connectivity index (χ2v) is 5.43. The fourth-order valence-corrected chi connectivity index (χ4v) is 2.18. The van der Waals surface area contributed by atoms with Crippen LogP contribution in [0.4, 0.5) is 0 Å². The number of thiazole rings is 1. The molecular weight excluding hydrogens is 266 g/mol. The molecule has 0 saturated heterocycles. The fourth-order valence-electron chi connectivity index (χ4n) is 1.51. The van der Waals surface area contributed by atoms with Gasteiger partial charge in [-0.25, -0.2) is 4.98 Å². The molecule has 0 radical (unpaired) electrons. The molecule has 2 aromatic rings. The van der Waals surface area contributed by atoms with E-state index in [4.69, 9.17) is 0 Å². The molecule has 0 aliphatic rings. The topological polar surface area (TPSA) is 83.7 Å². The van der Waals surface area contributed by atoms with Gasteiger partial charge in [0.25, 0.3) is 11.5 Å². The van der Waals surface area contributed by atoms with Crippen molar-refractivity contribution in [1.29, 1.82) is 0 Å². The Morgan fingerprint density at radius 1 is 1.58 bits per heavy atom. The zero-order valence-corrected chi connectivity index (χ0v) is 11.5. The molecule has 0 aliphatic carbocycles. The molecule has 6 nitrogen and oxygen atoms in total. The van der Waals surface area contributed by atoms with Gasteiger partial charge in [0.2, 0.25) is 0 Å². The summed E-state index contributed by atoms with van der Waals surface area (Å²) >= 11 is 1.32. The van der Waals surface area contributed by atoms with Crippen molar-refractivity contribution in [2.24, 2.45) is 5.92 Å². The van der Waals surface area contributed by atoms with Gasteiger partial charge in [-0.05, 0) is 5.92 Å². The molecule has 0 saturated carbocycles. The average molecular weight is 281 g/mol. The van der Waals surface area contributed by atoms with E-state index in [9.17, 15) is 14.7 Å². The molecule has 2 rings (SSSR count). The molecule has 0 bridgehead atoms. The largest absolute Gasteiger partial charge is 0.391 e. The molecule has 0 aromatic carbocycles. The Balaban J connectivity index is 2.18. The van der Waals surface area contributed by atoms with E-state index < -0.39 is 17.6 Å². The lowest BCUT2D eigenvalue weighted by Gasteiger charge is -2.14. The van der Waals surface area contributed by atoms with E-state index in [1.807, 2.05) is 13.8 Å². The van der Waals surface area contributed by atoms with Crippen LogP contribution in [0.5, 0.6) is 0 Å². The lowest BCUT2D eigenvalue weighted by molar-refractivity contribution is 0.0870. The summed E-state index contributed by atoms with van der Waals surface area (Å²) in [4.78, 5) is 28.5. The zero-order valence-electron chi connectivity index (χ0n) is 10.7. The monoisotopic (exact) mass is 281 g/mol. The van der Waals surface area contributed by atoms with E-state index >= 15 is 0 Å². The second kappa shape index (κ2) is 5.50. The number of carbonyl (C=O) groups is 1. The van der Waals surface area contributed by atoms with Gasteiger partial charge in [-0.3, -0.25) is 14.0 Å². The Bertz CT molecular complexity index is 647. The third kappa shape index (κ3) is 2.82. The van der Waals surface area contributed by atoms with Crippen LogP contribution in [-0.2, 0) is 0 Å². The summed E-state index contributed by atoms with van der Waals surface area (Å²) in [6.07, 6.45) is 2.21. The standard InChI is InChI=1S/C12H15N3O3S/c1-7(2)9(16)6-13-10(17)8-5-14-12-15(11(8)18)3-4-19-12/h3-5,7,9,16H,6H2,1-2H3,(H,13,17). The van der Waals surface area contributed by atoms with Crippen LogP contribution in [0.2, 0.25) is 0 Å². The zero-order chi connectivity index (χ0) is 14.0. The molecule has 1 amide bonds. The van der Waals surface area contributed by atoms with E-state index in [0.717, 1.165) is 0 Å². The van der Waals surface area contributed by atoms with Crippen LogP contribution in [0.1, 0.15) is 24.2 Å². The predicted molar refractivity (Wildman–Crippen MR) is 72.5 cm³/mol. The van der Waals surface area contributed by atoms with Crippen LogP contribution in [0.3, 0.4) is 0 Å². The van der Waals surface area contributed by atoms with Gasteiger partial charge in [-0.1, -0.05) is 13.8 Å². The molecule has 19 heavy (non-hydrogen) atoms. The van der Waals surface area contributed by atoms with Gasteiger partial charge in [0, 0.05) is 24.3 Å². The Morgan fingerprint density at radius 2 is 2.32 bits per heavy atom. The van der Waals surface area contributed by atoms with Gasteiger partial charge in [0.15, 0.2) is 4.96 Å². The maximum Gasteiger partial charge on any atom is 0.271 e. The van der Waals surface area contributed by atoms with Crippen molar-refractivity contribution in [3.8, 4) is 0 Å². The number of hydrogen-bond donors (Lipinski definition) is 2. The SMILES string of the molecule is CC(C)C(O)CNC(=O)c1cnc2sccn2c1=O. The molecule has 7 heteroatoms. The van der Waals surface area contributed by atoms with Crippen molar-refractivity contribution in [3.63, 3.8) is 0 Å². The predicted octanol–water partition coefficient (Wildman–Crippen LogP) is 0.503. The first-order valence-corrected chi connectivity index (χ1v) is 6.79. The van der Waals surface area contributed by atoms with E-state index in [1.165, 1.54) is 21.9 Å². The van der Waals surface area contributed by atoms with Gasteiger partial charge in [-0.15, -0.1) is 11.3 Å². The average Bonchev–Trinajstić information content (AvgIpc) is 2.85. The van der Waals surface area contributed by atoms with Crippen LogP contribution in [0, 0.1) is 5.92 Å². The molecule has 0 fully saturated rings. The highest BCUT2D eigenvalue weighted by Crippen LogP contribution is 2.05. The van der Waals surface area contributed by atoms with Gasteiger partial charge in [-0.2, -0.15) is 0 Å². The van der Waals surface area contributed by atoms with Crippen LogP contribution in [-0.4, -0.2) is 33.0 Å². The summed E-state index contributed by atoms with van der Waals surface area (Å²) < 4.78 is 1.33. The maximum atomic E-state index is 12.0. The Labute approximate surface area is 113 Å². The van der Waals surface area contributed by atoms with Crippen LogP contribution in [0.15, 0.2) is 22.6 Å². The highest BCUT2D eigenvalue weighted by molar-refractivity contribution is 7.15. The van der Waals surface area contributed by atoms with Crippen LogP contribution < -0.4 is 10.9 Å². The highest BCUT2D eigenvalue weighted by atomic mass is 32.1. The number of rotatable bonds is 4. The molecule has 0 spiro atoms. The summed E-state index contributed by atoms with van der Waals surface area (Å²) in [5.74, 6) is -0.475. The van der Waals surface area contributed by atoms with Crippen molar-refractivity contribution < 1.29 is 9.90 Å². The summed E-state index contributed by atoms with van der Waals surface area (Å²) in [5.41, 5.74) is -0.422. The smallest absolute Gasteiger partial charge is 0.271 e.